The zero-order valence-corrected chi connectivity index (χ0v) is 19.0. The fourth-order valence-electron chi connectivity index (χ4n) is 5.09. The Hall–Kier alpha value is -2.54. The van der Waals surface area contributed by atoms with E-state index >= 15 is 0 Å². The van der Waals surface area contributed by atoms with Gasteiger partial charge in [-0.2, -0.15) is 0 Å². The van der Waals surface area contributed by atoms with Gasteiger partial charge in [-0.3, -0.25) is 19.5 Å². The van der Waals surface area contributed by atoms with Crippen molar-refractivity contribution in [2.24, 2.45) is 5.92 Å². The van der Waals surface area contributed by atoms with E-state index < -0.39 is 11.5 Å². The van der Waals surface area contributed by atoms with Crippen molar-refractivity contribution in [1.29, 1.82) is 0 Å². The van der Waals surface area contributed by atoms with Crippen LogP contribution in [0.2, 0.25) is 5.02 Å². The van der Waals surface area contributed by atoms with Gasteiger partial charge in [0.05, 0.1) is 5.92 Å². The first-order chi connectivity index (χ1) is 14.9. The number of likely N-dealkylation sites (N-methyl/N-ethyl adjacent to an activating group) is 1. The third kappa shape index (κ3) is 3.04. The van der Waals surface area contributed by atoms with Crippen LogP contribution in [0.15, 0.2) is 71.3 Å². The number of nitrogens with zero attached hydrogens (tertiary/aromatic N) is 2. The predicted octanol–water partition coefficient (Wildman–Crippen LogP) is 4.87. The van der Waals surface area contributed by atoms with Crippen molar-refractivity contribution in [1.82, 2.24) is 9.88 Å². The van der Waals surface area contributed by atoms with E-state index in [-0.39, 0.29) is 17.6 Å². The van der Waals surface area contributed by atoms with E-state index in [9.17, 15) is 9.59 Å². The summed E-state index contributed by atoms with van der Waals surface area (Å²) in [7, 11) is 1.91. The van der Waals surface area contributed by atoms with Crippen molar-refractivity contribution in [3.05, 3.63) is 93.2 Å². The SMILES string of the molecule is CN1C[C@H](c2ccc(Cl)cc2)[C@@H](C(=O)c2ccccn2)[C@@]12C(=O)Nc1ccc(Br)cc12. The Morgan fingerprint density at radius 1 is 1.19 bits per heavy atom. The number of nitrogens with one attached hydrogen (secondary N) is 1. The summed E-state index contributed by atoms with van der Waals surface area (Å²) < 4.78 is 0.856. The minimum Gasteiger partial charge on any atom is -0.324 e. The fourth-order valence-corrected chi connectivity index (χ4v) is 5.58. The summed E-state index contributed by atoms with van der Waals surface area (Å²) in [6.45, 7) is 0.546. The highest BCUT2D eigenvalue weighted by Crippen LogP contribution is 2.55. The van der Waals surface area contributed by atoms with Gasteiger partial charge in [0.1, 0.15) is 11.2 Å². The number of fused-ring (bicyclic) bond motifs is 2. The van der Waals surface area contributed by atoms with Gasteiger partial charge in [0.15, 0.2) is 5.78 Å². The van der Waals surface area contributed by atoms with Crippen LogP contribution in [-0.4, -0.2) is 35.2 Å². The second kappa shape index (κ2) is 7.55. The molecule has 2 aliphatic rings. The van der Waals surface area contributed by atoms with Crippen molar-refractivity contribution < 1.29 is 9.59 Å². The number of carbonyl (C=O) groups is 2. The van der Waals surface area contributed by atoms with E-state index in [4.69, 9.17) is 11.6 Å². The molecule has 1 amide bonds. The van der Waals surface area contributed by atoms with Gasteiger partial charge in [-0.05, 0) is 55.1 Å². The van der Waals surface area contributed by atoms with E-state index in [2.05, 4.69) is 26.2 Å². The van der Waals surface area contributed by atoms with E-state index in [0.29, 0.717) is 17.3 Å². The van der Waals surface area contributed by atoms with Gasteiger partial charge in [0.25, 0.3) is 0 Å². The van der Waals surface area contributed by atoms with Gasteiger partial charge in [0, 0.05) is 39.4 Å². The maximum Gasteiger partial charge on any atom is 0.250 e. The summed E-state index contributed by atoms with van der Waals surface area (Å²) in [6, 6.07) is 18.5. The lowest BCUT2D eigenvalue weighted by atomic mass is 9.71. The second-order valence-corrected chi connectivity index (χ2v) is 9.36. The highest BCUT2D eigenvalue weighted by Gasteiger charge is 2.64. The molecule has 0 radical (unpaired) electrons. The second-order valence-electron chi connectivity index (χ2n) is 8.01. The molecule has 2 aliphatic heterocycles. The molecular weight excluding hydrogens is 478 g/mol. The van der Waals surface area contributed by atoms with Crippen molar-refractivity contribution in [2.45, 2.75) is 11.5 Å². The molecule has 1 N–H and O–H groups in total. The van der Waals surface area contributed by atoms with E-state index in [1.54, 1.807) is 24.4 Å². The molecule has 7 heteroatoms. The van der Waals surface area contributed by atoms with E-state index in [0.717, 1.165) is 21.3 Å². The van der Waals surface area contributed by atoms with Gasteiger partial charge >= 0.3 is 0 Å². The number of ketones is 1. The number of anilines is 1. The van der Waals surface area contributed by atoms with E-state index in [1.165, 1.54) is 0 Å². The van der Waals surface area contributed by atoms with Gasteiger partial charge in [0.2, 0.25) is 5.91 Å². The number of carbonyl (C=O) groups excluding carboxylic acids is 2. The summed E-state index contributed by atoms with van der Waals surface area (Å²) >= 11 is 9.65. The zero-order chi connectivity index (χ0) is 21.8. The van der Waals surface area contributed by atoms with Crippen molar-refractivity contribution in [2.75, 3.05) is 18.9 Å². The van der Waals surface area contributed by atoms with Gasteiger partial charge in [-0.1, -0.05) is 45.7 Å². The molecule has 1 spiro atoms. The molecule has 1 aromatic heterocycles. The number of aromatic nitrogens is 1. The monoisotopic (exact) mass is 495 g/mol. The first-order valence-corrected chi connectivity index (χ1v) is 11.1. The maximum atomic E-state index is 13.9. The lowest BCUT2D eigenvalue weighted by Crippen LogP contribution is -2.51. The number of hydrogen-bond acceptors (Lipinski definition) is 4. The van der Waals surface area contributed by atoms with Crippen LogP contribution in [-0.2, 0) is 10.3 Å². The summed E-state index contributed by atoms with van der Waals surface area (Å²) in [5, 5.41) is 3.64. The third-order valence-corrected chi connectivity index (χ3v) is 7.15. The highest BCUT2D eigenvalue weighted by atomic mass is 79.9. The fraction of sp³-hybridized carbons (Fsp3) is 0.208. The quantitative estimate of drug-likeness (QED) is 0.525. The van der Waals surface area contributed by atoms with Crippen LogP contribution in [0.5, 0.6) is 0 Å². The van der Waals surface area contributed by atoms with Crippen molar-refractivity contribution in [3.8, 4) is 0 Å². The summed E-state index contributed by atoms with van der Waals surface area (Å²) in [5.74, 6) is -1.18. The highest BCUT2D eigenvalue weighted by molar-refractivity contribution is 9.10. The molecule has 0 saturated carbocycles. The number of amides is 1. The largest absolute Gasteiger partial charge is 0.324 e. The molecule has 1 saturated heterocycles. The molecule has 3 aromatic rings. The Morgan fingerprint density at radius 3 is 2.68 bits per heavy atom. The van der Waals surface area contributed by atoms with Gasteiger partial charge < -0.3 is 5.32 Å². The zero-order valence-electron chi connectivity index (χ0n) is 16.7. The lowest BCUT2D eigenvalue weighted by molar-refractivity contribution is -0.126. The van der Waals surface area contributed by atoms with Crippen LogP contribution < -0.4 is 5.32 Å². The molecule has 3 atom stereocenters. The number of Topliss-reactive ketones (excluding diaryl/α,β-unsaturated/α-hetero) is 1. The minimum atomic E-state index is -1.13. The minimum absolute atomic E-state index is 0.145. The Kier molecular flexibility index (Phi) is 4.96. The number of halogens is 2. The first kappa shape index (κ1) is 20.4. The standard InChI is InChI=1S/C24H19BrClN3O2/c1-29-13-17(14-5-8-16(26)9-6-14)21(22(30)20-4-2-3-11-27-20)24(29)18-12-15(25)7-10-19(18)28-23(24)31/h2-12,17,21H,13H2,1H3,(H,28,31)/t17-,21+,24+/m1/s1. The average Bonchev–Trinajstić information content (AvgIpc) is 3.24. The Bertz CT molecular complexity index is 1190. The Morgan fingerprint density at radius 2 is 1.97 bits per heavy atom. The molecule has 0 unspecified atom stereocenters. The Balaban J connectivity index is 1.74. The summed E-state index contributed by atoms with van der Waals surface area (Å²) in [5.41, 5.74) is 1.74. The lowest BCUT2D eigenvalue weighted by Gasteiger charge is -2.35. The number of benzene rings is 2. The van der Waals surface area contributed by atoms with Gasteiger partial charge in [-0.15, -0.1) is 0 Å². The summed E-state index contributed by atoms with van der Waals surface area (Å²) in [6.07, 6.45) is 1.61. The topological polar surface area (TPSA) is 62.3 Å². The molecule has 1 fully saturated rings. The van der Waals surface area contributed by atoms with Crippen LogP contribution in [0.1, 0.15) is 27.5 Å². The normalized spacial score (nSPS) is 24.9. The molecule has 5 nitrogen and oxygen atoms in total. The third-order valence-electron chi connectivity index (χ3n) is 6.41. The average molecular weight is 497 g/mol. The van der Waals surface area contributed by atoms with E-state index in [1.807, 2.05) is 54.4 Å². The number of hydrogen-bond donors (Lipinski definition) is 1. The molecule has 3 heterocycles. The Labute approximate surface area is 193 Å². The van der Waals surface area contributed by atoms with Crippen LogP contribution in [0.3, 0.4) is 0 Å². The predicted molar refractivity (Wildman–Crippen MR) is 123 cm³/mol. The molecule has 0 bridgehead atoms. The smallest absolute Gasteiger partial charge is 0.250 e. The molecule has 156 valence electrons. The first-order valence-electron chi connectivity index (χ1n) is 9.96. The van der Waals surface area contributed by atoms with Crippen molar-refractivity contribution >= 4 is 44.9 Å². The van der Waals surface area contributed by atoms with Crippen LogP contribution in [0, 0.1) is 5.92 Å². The molecule has 0 aliphatic carbocycles. The van der Waals surface area contributed by atoms with Crippen LogP contribution in [0.25, 0.3) is 0 Å². The number of likely N-dealkylation sites (tertiary alicyclic amines) is 1. The summed E-state index contributed by atoms with van der Waals surface area (Å²) in [4.78, 5) is 33.8. The van der Waals surface area contributed by atoms with Crippen LogP contribution in [0.4, 0.5) is 5.69 Å². The molecule has 2 aromatic carbocycles. The number of pyridine rings is 1. The molecule has 5 rings (SSSR count). The maximum absolute atomic E-state index is 13.9. The van der Waals surface area contributed by atoms with Crippen molar-refractivity contribution in [3.63, 3.8) is 0 Å². The van der Waals surface area contributed by atoms with Gasteiger partial charge in [-0.25, -0.2) is 0 Å². The molecule has 31 heavy (non-hydrogen) atoms. The van der Waals surface area contributed by atoms with Crippen LogP contribution >= 0.6 is 27.5 Å². The number of rotatable bonds is 3. The molecular formula is C24H19BrClN3O2.